The van der Waals surface area contributed by atoms with Crippen LogP contribution in [-0.4, -0.2) is 68.1 Å². The van der Waals surface area contributed by atoms with Gasteiger partial charge in [-0.25, -0.2) is 9.59 Å². The number of amides is 1. The summed E-state index contributed by atoms with van der Waals surface area (Å²) in [6, 6.07) is 4.80. The number of methoxy groups -OCH3 is 1. The van der Waals surface area contributed by atoms with Crippen LogP contribution in [0.25, 0.3) is 0 Å². The number of carbonyl (C=O) groups excluding carboxylic acids is 3. The lowest BCUT2D eigenvalue weighted by Crippen LogP contribution is -2.48. The molecule has 1 heterocycles. The lowest BCUT2D eigenvalue weighted by atomic mass is 9.79. The number of carbonyl (C=O) groups is 3. The average Bonchev–Trinajstić information content (AvgIpc) is 2.80. The van der Waals surface area contributed by atoms with Gasteiger partial charge in [0.2, 0.25) is 0 Å². The van der Waals surface area contributed by atoms with Gasteiger partial charge in [0.15, 0.2) is 0 Å². The first-order chi connectivity index (χ1) is 16.9. The molecule has 1 amide bonds. The molecule has 0 aliphatic carbocycles. The number of hydrogen-bond acceptors (Lipinski definition) is 9. The number of rotatable bonds is 10. The summed E-state index contributed by atoms with van der Waals surface area (Å²) in [6.45, 7) is 7.57. The molecule has 0 radical (unpaired) electrons. The van der Waals surface area contributed by atoms with E-state index in [1.54, 1.807) is 33.8 Å². The zero-order valence-corrected chi connectivity index (χ0v) is 21.7. The molecule has 0 bridgehead atoms. The summed E-state index contributed by atoms with van der Waals surface area (Å²) in [4.78, 5) is 51.9. The number of benzene rings is 1. The molecule has 0 saturated carbocycles. The van der Waals surface area contributed by atoms with Crippen molar-refractivity contribution in [2.45, 2.75) is 39.7 Å². The molecule has 0 spiro atoms. The van der Waals surface area contributed by atoms with Gasteiger partial charge in [-0.1, -0.05) is 26.0 Å². The van der Waals surface area contributed by atoms with Crippen LogP contribution in [0.5, 0.6) is 0 Å². The van der Waals surface area contributed by atoms with Gasteiger partial charge in [-0.15, -0.1) is 0 Å². The highest BCUT2D eigenvalue weighted by molar-refractivity contribution is 6.03. The van der Waals surface area contributed by atoms with Crippen LogP contribution in [0.4, 0.5) is 5.69 Å². The molecule has 0 unspecified atom stereocenters. The van der Waals surface area contributed by atoms with Crippen molar-refractivity contribution in [3.63, 3.8) is 0 Å². The molecular weight excluding hydrogens is 468 g/mol. The summed E-state index contributed by atoms with van der Waals surface area (Å²) in [5, 5.41) is 17.2. The summed E-state index contributed by atoms with van der Waals surface area (Å²) >= 11 is 0. The second kappa shape index (κ2) is 12.3. The summed E-state index contributed by atoms with van der Waals surface area (Å²) < 4.78 is 10.3. The zero-order chi connectivity index (χ0) is 27.2. The van der Waals surface area contributed by atoms with Gasteiger partial charge in [0, 0.05) is 35.6 Å². The monoisotopic (exact) mass is 502 g/mol. The molecule has 2 rings (SSSR count). The third-order valence-corrected chi connectivity index (χ3v) is 5.81. The molecule has 1 aliphatic rings. The Morgan fingerprint density at radius 3 is 2.36 bits per heavy atom. The third-order valence-electron chi connectivity index (χ3n) is 5.81. The van der Waals surface area contributed by atoms with Crippen LogP contribution >= 0.6 is 0 Å². The molecule has 2 N–H and O–H groups in total. The molecule has 1 aromatic carbocycles. The van der Waals surface area contributed by atoms with E-state index in [9.17, 15) is 24.5 Å². The number of nitro groups is 1. The molecule has 0 saturated heterocycles. The van der Waals surface area contributed by atoms with Crippen molar-refractivity contribution in [2.24, 2.45) is 5.92 Å². The number of nitro benzene ring substituents is 1. The maximum Gasteiger partial charge on any atom is 0.336 e. The Morgan fingerprint density at radius 2 is 1.81 bits per heavy atom. The van der Waals surface area contributed by atoms with Crippen LogP contribution in [0.1, 0.15) is 39.2 Å². The standard InChI is InChI=1S/C25H34N4O7/c1-14(2)22(25(32)36-12-11-28(5)6)27-23(30)19-15(3)26-16(4)20(24(31)35-7)21(19)17-9-8-10-18(13-17)29(33)34/h8-10,13-14,21-22,26H,11-12H2,1-7H3,(H,27,30)/t21-,22-/m0/s1. The zero-order valence-electron chi connectivity index (χ0n) is 21.7. The van der Waals surface area contributed by atoms with Crippen molar-refractivity contribution < 1.29 is 28.8 Å². The van der Waals surface area contributed by atoms with Gasteiger partial charge >= 0.3 is 11.9 Å². The minimum atomic E-state index is -0.962. The first-order valence-electron chi connectivity index (χ1n) is 11.5. The Balaban J connectivity index is 2.51. The van der Waals surface area contributed by atoms with E-state index >= 15 is 0 Å². The first kappa shape index (κ1) is 28.5. The van der Waals surface area contributed by atoms with E-state index in [2.05, 4.69) is 10.6 Å². The van der Waals surface area contributed by atoms with Crippen molar-refractivity contribution in [3.8, 4) is 0 Å². The minimum Gasteiger partial charge on any atom is -0.466 e. The predicted octanol–water partition coefficient (Wildman–Crippen LogP) is 2.25. The fourth-order valence-corrected chi connectivity index (χ4v) is 3.96. The lowest BCUT2D eigenvalue weighted by molar-refractivity contribution is -0.384. The van der Waals surface area contributed by atoms with Crippen molar-refractivity contribution >= 4 is 23.5 Å². The number of dihydropyridines is 1. The van der Waals surface area contributed by atoms with E-state index in [1.165, 1.54) is 25.3 Å². The molecule has 0 aromatic heterocycles. The van der Waals surface area contributed by atoms with Crippen molar-refractivity contribution in [1.29, 1.82) is 0 Å². The van der Waals surface area contributed by atoms with Gasteiger partial charge in [-0.2, -0.15) is 0 Å². The molecule has 1 aliphatic heterocycles. The number of likely N-dealkylation sites (N-methyl/N-ethyl adjacent to an activating group) is 1. The van der Waals surface area contributed by atoms with Crippen molar-refractivity contribution in [3.05, 3.63) is 62.5 Å². The number of hydrogen-bond donors (Lipinski definition) is 2. The van der Waals surface area contributed by atoms with Crippen molar-refractivity contribution in [2.75, 3.05) is 34.4 Å². The smallest absolute Gasteiger partial charge is 0.336 e. The second-order valence-corrected chi connectivity index (χ2v) is 9.14. The van der Waals surface area contributed by atoms with Gasteiger partial charge in [0.1, 0.15) is 12.6 Å². The third kappa shape index (κ3) is 6.69. The van der Waals surface area contributed by atoms with E-state index in [4.69, 9.17) is 9.47 Å². The second-order valence-electron chi connectivity index (χ2n) is 9.14. The minimum absolute atomic E-state index is 0.142. The SMILES string of the molecule is COC(=O)C1=C(C)NC(C)=C(C(=O)N[C@H](C(=O)OCCN(C)C)C(C)C)[C@@H]1c1cccc([N+](=O)[O-])c1. The summed E-state index contributed by atoms with van der Waals surface area (Å²) in [5.74, 6) is -3.11. The lowest BCUT2D eigenvalue weighted by Gasteiger charge is -2.32. The number of nitrogens with zero attached hydrogens (tertiary/aromatic N) is 2. The van der Waals surface area contributed by atoms with E-state index in [0.717, 1.165) is 0 Å². The van der Waals surface area contributed by atoms with Crippen LogP contribution in [0.2, 0.25) is 0 Å². The van der Waals surface area contributed by atoms with E-state index < -0.39 is 34.7 Å². The van der Waals surface area contributed by atoms with Gasteiger partial charge < -0.3 is 25.0 Å². The summed E-state index contributed by atoms with van der Waals surface area (Å²) in [5.41, 5.74) is 1.37. The first-order valence-corrected chi connectivity index (χ1v) is 11.5. The van der Waals surface area contributed by atoms with Crippen molar-refractivity contribution in [1.82, 2.24) is 15.5 Å². The largest absolute Gasteiger partial charge is 0.466 e. The van der Waals surface area contributed by atoms with Gasteiger partial charge in [0.25, 0.3) is 11.6 Å². The molecule has 2 atom stereocenters. The Labute approximate surface area is 210 Å². The topological polar surface area (TPSA) is 140 Å². The number of non-ortho nitro benzene ring substituents is 1. The molecular formula is C25H34N4O7. The number of nitrogens with one attached hydrogen (secondary N) is 2. The van der Waals surface area contributed by atoms with Gasteiger partial charge in [-0.3, -0.25) is 14.9 Å². The Morgan fingerprint density at radius 1 is 1.17 bits per heavy atom. The van der Waals surface area contributed by atoms with Crippen LogP contribution in [-0.2, 0) is 23.9 Å². The molecule has 11 nitrogen and oxygen atoms in total. The summed E-state index contributed by atoms with van der Waals surface area (Å²) in [7, 11) is 4.92. The van der Waals surface area contributed by atoms with E-state index in [0.29, 0.717) is 23.5 Å². The van der Waals surface area contributed by atoms with Gasteiger partial charge in [0.05, 0.1) is 23.5 Å². The van der Waals surface area contributed by atoms with E-state index in [-0.39, 0.29) is 29.4 Å². The fraction of sp³-hybridized carbons (Fsp3) is 0.480. The average molecular weight is 503 g/mol. The Kier molecular flexibility index (Phi) is 9.74. The number of ether oxygens (including phenoxy) is 2. The predicted molar refractivity (Wildman–Crippen MR) is 133 cm³/mol. The fourth-order valence-electron chi connectivity index (χ4n) is 3.96. The molecule has 36 heavy (non-hydrogen) atoms. The van der Waals surface area contributed by atoms with Crippen LogP contribution in [0.3, 0.4) is 0 Å². The number of esters is 2. The highest BCUT2D eigenvalue weighted by Gasteiger charge is 2.39. The normalized spacial score (nSPS) is 16.5. The molecule has 196 valence electrons. The maximum atomic E-state index is 13.6. The highest BCUT2D eigenvalue weighted by Crippen LogP contribution is 2.39. The molecule has 11 heteroatoms. The van der Waals surface area contributed by atoms with E-state index in [1.807, 2.05) is 19.0 Å². The highest BCUT2D eigenvalue weighted by atomic mass is 16.6. The molecule has 0 fully saturated rings. The van der Waals surface area contributed by atoms with Crippen LogP contribution < -0.4 is 10.6 Å². The summed E-state index contributed by atoms with van der Waals surface area (Å²) in [6.07, 6.45) is 0. The quantitative estimate of drug-likeness (QED) is 0.280. The molecule has 1 aromatic rings. The van der Waals surface area contributed by atoms with Gasteiger partial charge in [-0.05, 0) is 39.4 Å². The maximum absolute atomic E-state index is 13.6. The Bertz CT molecular complexity index is 1090. The van der Waals surface area contributed by atoms with Crippen LogP contribution in [0.15, 0.2) is 46.8 Å². The number of allylic oxidation sites excluding steroid dienone is 2. The van der Waals surface area contributed by atoms with Crippen LogP contribution in [0, 0.1) is 16.0 Å². The Hall–Kier alpha value is -3.73.